The number of hydrogen-bond acceptors (Lipinski definition) is 8. The monoisotopic (exact) mass is 442 g/mol. The average Bonchev–Trinajstić information content (AvgIpc) is 2.53. The molecule has 0 aromatic heterocycles. The Labute approximate surface area is 161 Å². The Morgan fingerprint density at radius 1 is 1.30 bits per heavy atom. The number of nitrogens with one attached hydrogen (secondary N) is 1. The fourth-order valence-electron chi connectivity index (χ4n) is 2.58. The second-order valence-electron chi connectivity index (χ2n) is 5.81. The van der Waals surface area contributed by atoms with E-state index in [2.05, 4.69) is 10.2 Å². The zero-order valence-corrected chi connectivity index (χ0v) is 16.5. The Bertz CT molecular complexity index is 921. The van der Waals surface area contributed by atoms with Crippen molar-refractivity contribution >= 4 is 37.3 Å². The third kappa shape index (κ3) is 5.42. The standard InChI is InChI=1S/C13H19ClN4O7S2/c14-10-7-11-13(8-12(10)26(15,21)22)27(23,24)17(9-16-11)5-3-1-2-4-6-25-18(19)20/h7-8,16H,1-6,9H2,(H2,15,21,22). The summed E-state index contributed by atoms with van der Waals surface area (Å²) in [5.74, 6) is 0. The minimum absolute atomic E-state index is 0.00103. The van der Waals surface area contributed by atoms with Crippen LogP contribution in [0.1, 0.15) is 25.7 Å². The number of primary sulfonamides is 1. The lowest BCUT2D eigenvalue weighted by molar-refractivity contribution is -0.757. The number of sulfonamides is 2. The molecule has 1 aliphatic rings. The van der Waals surface area contributed by atoms with Crippen LogP contribution >= 0.6 is 11.6 Å². The molecule has 0 fully saturated rings. The maximum absolute atomic E-state index is 12.7. The van der Waals surface area contributed by atoms with E-state index >= 15 is 0 Å². The second-order valence-corrected chi connectivity index (χ2v) is 9.65. The molecule has 1 aromatic rings. The van der Waals surface area contributed by atoms with Gasteiger partial charge in [-0.2, -0.15) is 4.31 Å². The molecular weight excluding hydrogens is 424 g/mol. The van der Waals surface area contributed by atoms with Gasteiger partial charge < -0.3 is 10.2 Å². The van der Waals surface area contributed by atoms with Gasteiger partial charge in [0, 0.05) is 6.54 Å². The van der Waals surface area contributed by atoms with E-state index in [1.165, 1.54) is 10.4 Å². The average molecular weight is 443 g/mol. The van der Waals surface area contributed by atoms with E-state index in [1.54, 1.807) is 0 Å². The van der Waals surface area contributed by atoms with Crippen LogP contribution in [0.3, 0.4) is 0 Å². The molecule has 0 saturated carbocycles. The van der Waals surface area contributed by atoms with Crippen LogP contribution < -0.4 is 10.5 Å². The summed E-state index contributed by atoms with van der Waals surface area (Å²) in [7, 11) is -8.09. The van der Waals surface area contributed by atoms with Gasteiger partial charge in [0.15, 0.2) is 0 Å². The highest BCUT2D eigenvalue weighted by atomic mass is 35.5. The first kappa shape index (κ1) is 21.6. The third-order valence-electron chi connectivity index (χ3n) is 3.90. The number of anilines is 1. The number of nitrogens with zero attached hydrogens (tertiary/aromatic N) is 2. The van der Waals surface area contributed by atoms with E-state index in [1.807, 2.05) is 0 Å². The largest absolute Gasteiger partial charge is 0.370 e. The SMILES string of the molecule is NS(=O)(=O)c1cc2c(cc1Cl)NCN(CCCCCCO[N+](=O)[O-])S2(=O)=O. The van der Waals surface area contributed by atoms with Gasteiger partial charge in [0.25, 0.3) is 5.09 Å². The van der Waals surface area contributed by atoms with E-state index in [4.69, 9.17) is 16.7 Å². The molecule has 1 aromatic carbocycles. The Kier molecular flexibility index (Phi) is 6.86. The van der Waals surface area contributed by atoms with Crippen molar-refractivity contribution in [2.75, 3.05) is 25.1 Å². The van der Waals surface area contributed by atoms with Crippen molar-refractivity contribution in [3.8, 4) is 0 Å². The lowest BCUT2D eigenvalue weighted by Crippen LogP contribution is -2.40. The summed E-state index contributed by atoms with van der Waals surface area (Å²) in [5, 5.41) is 17.0. The summed E-state index contributed by atoms with van der Waals surface area (Å²) < 4.78 is 49.8. The molecule has 0 bridgehead atoms. The zero-order valence-electron chi connectivity index (χ0n) is 14.1. The Hall–Kier alpha value is -1.67. The van der Waals surface area contributed by atoms with Gasteiger partial charge in [-0.15, -0.1) is 10.1 Å². The quantitative estimate of drug-likeness (QED) is 0.326. The summed E-state index contributed by atoms with van der Waals surface area (Å²) in [5.41, 5.74) is 0.209. The molecule has 1 aliphatic heterocycles. The fraction of sp³-hybridized carbons (Fsp3) is 0.538. The Morgan fingerprint density at radius 2 is 1.96 bits per heavy atom. The number of nitrogens with two attached hydrogens (primary N) is 1. The first-order chi connectivity index (χ1) is 12.5. The summed E-state index contributed by atoms with van der Waals surface area (Å²) in [6.45, 7) is 0.226. The highest BCUT2D eigenvalue weighted by Gasteiger charge is 2.33. The molecule has 0 aliphatic carbocycles. The van der Waals surface area contributed by atoms with Crippen molar-refractivity contribution in [2.24, 2.45) is 5.14 Å². The topological polar surface area (TPSA) is 162 Å². The fourth-order valence-corrected chi connectivity index (χ4v) is 5.32. The van der Waals surface area contributed by atoms with Crippen LogP contribution in [0.5, 0.6) is 0 Å². The molecule has 0 unspecified atom stereocenters. The number of fused-ring (bicyclic) bond motifs is 1. The lowest BCUT2D eigenvalue weighted by atomic mass is 10.2. The molecule has 0 spiro atoms. The van der Waals surface area contributed by atoms with Crippen LogP contribution in [0, 0.1) is 10.1 Å². The predicted molar refractivity (Wildman–Crippen MR) is 96.6 cm³/mol. The summed E-state index contributed by atoms with van der Waals surface area (Å²) >= 11 is 5.88. The number of benzene rings is 1. The lowest BCUT2D eigenvalue weighted by Gasteiger charge is -2.29. The van der Waals surface area contributed by atoms with Crippen LogP contribution in [0.2, 0.25) is 5.02 Å². The van der Waals surface area contributed by atoms with Crippen molar-refractivity contribution in [3.63, 3.8) is 0 Å². The molecule has 27 heavy (non-hydrogen) atoms. The van der Waals surface area contributed by atoms with Gasteiger partial charge in [0.2, 0.25) is 20.0 Å². The highest BCUT2D eigenvalue weighted by molar-refractivity contribution is 7.90. The maximum atomic E-state index is 12.7. The molecule has 152 valence electrons. The Morgan fingerprint density at radius 3 is 2.59 bits per heavy atom. The first-order valence-corrected chi connectivity index (χ1v) is 11.3. The van der Waals surface area contributed by atoms with Crippen LogP contribution in [0.15, 0.2) is 21.9 Å². The van der Waals surface area contributed by atoms with E-state index in [9.17, 15) is 26.9 Å². The van der Waals surface area contributed by atoms with E-state index < -0.39 is 30.0 Å². The summed E-state index contributed by atoms with van der Waals surface area (Å²) in [4.78, 5) is 13.6. The van der Waals surface area contributed by atoms with Crippen molar-refractivity contribution < 1.29 is 26.8 Å². The summed E-state index contributed by atoms with van der Waals surface area (Å²) in [6.07, 6.45) is 2.33. The van der Waals surface area contributed by atoms with Gasteiger partial charge in [-0.1, -0.05) is 24.4 Å². The molecule has 14 heteroatoms. The van der Waals surface area contributed by atoms with E-state index in [0.717, 1.165) is 6.07 Å². The van der Waals surface area contributed by atoms with Gasteiger partial charge in [-0.3, -0.25) is 0 Å². The second kappa shape index (κ2) is 8.56. The van der Waals surface area contributed by atoms with Crippen LogP contribution in [-0.4, -0.2) is 46.0 Å². The van der Waals surface area contributed by atoms with Crippen molar-refractivity contribution in [2.45, 2.75) is 35.5 Å². The third-order valence-corrected chi connectivity index (χ3v) is 7.16. The van der Waals surface area contributed by atoms with Crippen LogP contribution in [-0.2, 0) is 24.9 Å². The number of halogens is 1. The van der Waals surface area contributed by atoms with Crippen molar-refractivity contribution in [1.82, 2.24) is 4.31 Å². The van der Waals surface area contributed by atoms with Gasteiger partial charge >= 0.3 is 0 Å². The number of unbranched alkanes of at least 4 members (excludes halogenated alkanes) is 3. The van der Waals surface area contributed by atoms with Gasteiger partial charge in [0.1, 0.15) is 9.79 Å². The van der Waals surface area contributed by atoms with Gasteiger partial charge in [-0.25, -0.2) is 22.0 Å². The van der Waals surface area contributed by atoms with Gasteiger partial charge in [-0.05, 0) is 25.0 Å². The molecule has 0 radical (unpaired) electrons. The minimum atomic E-state index is -4.17. The van der Waals surface area contributed by atoms with Crippen LogP contribution in [0.25, 0.3) is 0 Å². The first-order valence-electron chi connectivity index (χ1n) is 7.91. The Balaban J connectivity index is 2.03. The molecule has 0 atom stereocenters. The molecular formula is C13H19ClN4O7S2. The predicted octanol–water partition coefficient (Wildman–Crippen LogP) is 1.13. The molecule has 2 rings (SSSR count). The van der Waals surface area contributed by atoms with E-state index in [0.29, 0.717) is 25.7 Å². The normalized spacial score (nSPS) is 16.4. The van der Waals surface area contributed by atoms with E-state index in [-0.39, 0.29) is 35.4 Å². The molecule has 0 saturated heterocycles. The van der Waals surface area contributed by atoms with Crippen molar-refractivity contribution in [3.05, 3.63) is 27.3 Å². The smallest absolute Gasteiger partial charge is 0.294 e. The zero-order chi connectivity index (χ0) is 20.2. The number of rotatable bonds is 9. The highest BCUT2D eigenvalue weighted by Crippen LogP contribution is 2.35. The van der Waals surface area contributed by atoms with Gasteiger partial charge in [0.05, 0.1) is 24.0 Å². The molecule has 11 nitrogen and oxygen atoms in total. The number of hydrogen-bond donors (Lipinski definition) is 2. The molecule has 1 heterocycles. The minimum Gasteiger partial charge on any atom is -0.370 e. The summed E-state index contributed by atoms with van der Waals surface area (Å²) in [6, 6.07) is 2.18. The molecule has 3 N–H and O–H groups in total. The maximum Gasteiger partial charge on any atom is 0.294 e. The van der Waals surface area contributed by atoms with Crippen molar-refractivity contribution in [1.29, 1.82) is 0 Å². The molecule has 0 amide bonds. The van der Waals surface area contributed by atoms with Crippen LogP contribution in [0.4, 0.5) is 5.69 Å².